The van der Waals surface area contributed by atoms with Crippen LogP contribution in [-0.4, -0.2) is 33.9 Å². The van der Waals surface area contributed by atoms with Gasteiger partial charge in [0, 0.05) is 17.8 Å². The summed E-state index contributed by atoms with van der Waals surface area (Å²) in [7, 11) is 0. The van der Waals surface area contributed by atoms with Gasteiger partial charge in [0.25, 0.3) is 5.56 Å². The second kappa shape index (κ2) is 11.2. The standard InChI is InChI=1S/C29H31N3O3S2/c1-18(2)23-15-22-24(16-35-23)37-27-26(22)28(34)32(21-11-7-8-19(3)14-21)29(31-27)36-17-25(33)30-13-12-20-9-5-4-6-10-20/h4-11,14,18,23H,12-13,15-17H2,1-3H3,(H,30,33)/t23-/m0/s1. The molecule has 0 aliphatic carbocycles. The molecule has 1 atom stereocenters. The first kappa shape index (κ1) is 25.7. The van der Waals surface area contributed by atoms with Gasteiger partial charge in [0.2, 0.25) is 5.91 Å². The molecule has 0 saturated heterocycles. The van der Waals surface area contributed by atoms with Crippen LogP contribution < -0.4 is 10.9 Å². The highest BCUT2D eigenvalue weighted by Gasteiger charge is 2.29. The number of thioether (sulfide) groups is 1. The largest absolute Gasteiger partial charge is 0.372 e. The first-order valence-corrected chi connectivity index (χ1v) is 14.4. The third-order valence-electron chi connectivity index (χ3n) is 6.63. The number of fused-ring (bicyclic) bond motifs is 3. The Bertz CT molecular complexity index is 1480. The van der Waals surface area contributed by atoms with E-state index in [2.05, 4.69) is 31.3 Å². The summed E-state index contributed by atoms with van der Waals surface area (Å²) in [5.74, 6) is 0.470. The first-order chi connectivity index (χ1) is 17.9. The van der Waals surface area contributed by atoms with Gasteiger partial charge in [0.05, 0.1) is 29.5 Å². The van der Waals surface area contributed by atoms with Gasteiger partial charge in [-0.05, 0) is 48.1 Å². The van der Waals surface area contributed by atoms with Crippen LogP contribution in [0.5, 0.6) is 0 Å². The van der Waals surface area contributed by atoms with E-state index in [1.165, 1.54) is 28.7 Å². The summed E-state index contributed by atoms with van der Waals surface area (Å²) < 4.78 is 7.73. The molecule has 3 heterocycles. The fraction of sp³-hybridized carbons (Fsp3) is 0.345. The lowest BCUT2D eigenvalue weighted by Crippen LogP contribution is -2.29. The molecule has 8 heteroatoms. The van der Waals surface area contributed by atoms with E-state index in [0.29, 0.717) is 36.0 Å². The topological polar surface area (TPSA) is 73.2 Å². The zero-order valence-electron chi connectivity index (χ0n) is 21.3. The maximum atomic E-state index is 14.0. The molecule has 1 aliphatic rings. The zero-order chi connectivity index (χ0) is 25.9. The van der Waals surface area contributed by atoms with Gasteiger partial charge in [0.1, 0.15) is 4.83 Å². The summed E-state index contributed by atoms with van der Waals surface area (Å²) in [6.07, 6.45) is 1.58. The molecule has 1 aliphatic heterocycles. The van der Waals surface area contributed by atoms with E-state index in [0.717, 1.165) is 32.9 Å². The fourth-order valence-corrected chi connectivity index (χ4v) is 6.61. The molecule has 2 aromatic heterocycles. The van der Waals surface area contributed by atoms with Crippen molar-refractivity contribution < 1.29 is 9.53 Å². The molecule has 4 aromatic rings. The molecule has 6 nitrogen and oxygen atoms in total. The van der Waals surface area contributed by atoms with Crippen LogP contribution in [0, 0.1) is 12.8 Å². The highest BCUT2D eigenvalue weighted by atomic mass is 32.2. The molecule has 192 valence electrons. The number of nitrogens with one attached hydrogen (secondary N) is 1. The molecule has 0 fully saturated rings. The zero-order valence-corrected chi connectivity index (χ0v) is 23.0. The normalized spacial score (nSPS) is 15.2. The van der Waals surface area contributed by atoms with Crippen LogP contribution in [0.2, 0.25) is 0 Å². The van der Waals surface area contributed by atoms with Crippen molar-refractivity contribution in [3.8, 4) is 5.69 Å². The molecule has 0 radical (unpaired) electrons. The second-order valence-electron chi connectivity index (χ2n) is 9.73. The molecule has 0 spiro atoms. The molecule has 2 aromatic carbocycles. The minimum absolute atomic E-state index is 0.0790. The summed E-state index contributed by atoms with van der Waals surface area (Å²) in [6.45, 7) is 7.37. The number of hydrogen-bond acceptors (Lipinski definition) is 6. The van der Waals surface area contributed by atoms with E-state index in [9.17, 15) is 9.59 Å². The van der Waals surface area contributed by atoms with Gasteiger partial charge in [-0.3, -0.25) is 14.2 Å². The number of carbonyl (C=O) groups is 1. The molecular formula is C29H31N3O3S2. The number of aromatic nitrogens is 2. The predicted molar refractivity (Wildman–Crippen MR) is 151 cm³/mol. The Balaban J connectivity index is 1.44. The lowest BCUT2D eigenvalue weighted by Gasteiger charge is -2.26. The molecule has 0 saturated carbocycles. The fourth-order valence-electron chi connectivity index (χ4n) is 4.60. The first-order valence-electron chi connectivity index (χ1n) is 12.6. The Morgan fingerprint density at radius 1 is 1.22 bits per heavy atom. The molecule has 1 amide bonds. The lowest BCUT2D eigenvalue weighted by atomic mass is 9.96. The van der Waals surface area contributed by atoms with Crippen LogP contribution >= 0.6 is 23.1 Å². The van der Waals surface area contributed by atoms with E-state index >= 15 is 0 Å². The maximum Gasteiger partial charge on any atom is 0.267 e. The summed E-state index contributed by atoms with van der Waals surface area (Å²) in [6, 6.07) is 17.9. The van der Waals surface area contributed by atoms with Crippen LogP contribution in [0.4, 0.5) is 0 Å². The van der Waals surface area contributed by atoms with E-state index in [1.54, 1.807) is 4.57 Å². The summed E-state index contributed by atoms with van der Waals surface area (Å²) >= 11 is 2.83. The number of amides is 1. The molecule has 5 rings (SSSR count). The maximum absolute atomic E-state index is 14.0. The van der Waals surface area contributed by atoms with Crippen molar-refractivity contribution in [2.75, 3.05) is 12.3 Å². The van der Waals surface area contributed by atoms with Crippen molar-refractivity contribution in [3.05, 3.63) is 86.5 Å². The minimum Gasteiger partial charge on any atom is -0.372 e. The Hall–Kier alpha value is -2.94. The molecular weight excluding hydrogens is 502 g/mol. The van der Waals surface area contributed by atoms with Crippen molar-refractivity contribution in [1.29, 1.82) is 0 Å². The van der Waals surface area contributed by atoms with Gasteiger partial charge >= 0.3 is 0 Å². The average Bonchev–Trinajstić information content (AvgIpc) is 3.26. The number of ether oxygens (including phenoxy) is 1. The van der Waals surface area contributed by atoms with E-state index in [4.69, 9.17) is 9.72 Å². The monoisotopic (exact) mass is 533 g/mol. The quantitative estimate of drug-likeness (QED) is 0.246. The molecule has 0 bridgehead atoms. The number of thiophene rings is 1. The SMILES string of the molecule is Cc1cccc(-n2c(SCC(=O)NCCc3ccccc3)nc3sc4c(c3c2=O)C[C@@H](C(C)C)OC4)c1. The second-order valence-corrected chi connectivity index (χ2v) is 11.8. The highest BCUT2D eigenvalue weighted by molar-refractivity contribution is 7.99. The molecule has 37 heavy (non-hydrogen) atoms. The van der Waals surface area contributed by atoms with Gasteiger partial charge < -0.3 is 10.1 Å². The number of benzene rings is 2. The van der Waals surface area contributed by atoms with E-state index in [-0.39, 0.29) is 23.3 Å². The summed E-state index contributed by atoms with van der Waals surface area (Å²) in [5.41, 5.74) is 3.99. The average molecular weight is 534 g/mol. The Labute approximate surface area is 225 Å². The third kappa shape index (κ3) is 5.66. The van der Waals surface area contributed by atoms with Crippen molar-refractivity contribution >= 4 is 39.2 Å². The Morgan fingerprint density at radius 2 is 2.03 bits per heavy atom. The van der Waals surface area contributed by atoms with Crippen LogP contribution in [0.25, 0.3) is 15.9 Å². The molecule has 1 N–H and O–H groups in total. The summed E-state index contributed by atoms with van der Waals surface area (Å²) in [4.78, 5) is 33.4. The summed E-state index contributed by atoms with van der Waals surface area (Å²) in [5, 5.41) is 4.20. The van der Waals surface area contributed by atoms with Gasteiger partial charge in [0.15, 0.2) is 5.16 Å². The Kier molecular flexibility index (Phi) is 7.79. The lowest BCUT2D eigenvalue weighted by molar-refractivity contribution is -0.118. The number of carbonyl (C=O) groups excluding carboxylic acids is 1. The smallest absolute Gasteiger partial charge is 0.267 e. The number of nitrogens with zero attached hydrogens (tertiary/aromatic N) is 2. The highest BCUT2D eigenvalue weighted by Crippen LogP contribution is 2.36. The predicted octanol–water partition coefficient (Wildman–Crippen LogP) is 5.30. The van der Waals surface area contributed by atoms with Crippen LogP contribution in [-0.2, 0) is 29.0 Å². The van der Waals surface area contributed by atoms with E-state index < -0.39 is 0 Å². The Morgan fingerprint density at radius 3 is 2.78 bits per heavy atom. The van der Waals surface area contributed by atoms with Gasteiger partial charge in [-0.25, -0.2) is 4.98 Å². The van der Waals surface area contributed by atoms with Crippen molar-refractivity contribution in [1.82, 2.24) is 14.9 Å². The van der Waals surface area contributed by atoms with Gasteiger partial charge in [-0.2, -0.15) is 0 Å². The minimum atomic E-state index is -0.0792. The third-order valence-corrected chi connectivity index (χ3v) is 8.66. The molecule has 0 unspecified atom stereocenters. The van der Waals surface area contributed by atoms with Gasteiger partial charge in [-0.15, -0.1) is 11.3 Å². The van der Waals surface area contributed by atoms with Crippen LogP contribution in [0.1, 0.15) is 35.4 Å². The van der Waals surface area contributed by atoms with Crippen molar-refractivity contribution in [2.45, 2.75) is 51.5 Å². The number of rotatable bonds is 8. The number of hydrogen-bond donors (Lipinski definition) is 1. The van der Waals surface area contributed by atoms with Crippen LogP contribution in [0.15, 0.2) is 64.5 Å². The number of aryl methyl sites for hydroxylation is 1. The van der Waals surface area contributed by atoms with Crippen molar-refractivity contribution in [3.63, 3.8) is 0 Å². The van der Waals surface area contributed by atoms with Crippen LogP contribution in [0.3, 0.4) is 0 Å². The van der Waals surface area contributed by atoms with Gasteiger partial charge in [-0.1, -0.05) is 68.1 Å². The van der Waals surface area contributed by atoms with E-state index in [1.807, 2.05) is 49.4 Å². The van der Waals surface area contributed by atoms with Crippen molar-refractivity contribution in [2.24, 2.45) is 5.92 Å².